The van der Waals surface area contributed by atoms with E-state index in [1.807, 2.05) is 0 Å². The van der Waals surface area contributed by atoms with Crippen LogP contribution in [0.25, 0.3) is 10.9 Å². The maximum atomic E-state index is 11.2. The first-order valence-corrected chi connectivity index (χ1v) is 4.36. The molecule has 2 aromatic rings. The average Bonchev–Trinajstić information content (AvgIpc) is 2.59. The summed E-state index contributed by atoms with van der Waals surface area (Å²) < 4.78 is 1.39. The highest BCUT2D eigenvalue weighted by Crippen LogP contribution is 2.21. The number of nitrogens with zero attached hydrogens (tertiary/aromatic N) is 2. The van der Waals surface area contributed by atoms with Crippen molar-refractivity contribution in [1.29, 1.82) is 0 Å². The second-order valence-corrected chi connectivity index (χ2v) is 3.20. The molecule has 0 N–H and O–H groups in total. The average molecular weight is 204 g/mol. The van der Waals surface area contributed by atoms with Crippen molar-refractivity contribution in [3.8, 4) is 0 Å². The van der Waals surface area contributed by atoms with Gasteiger partial charge in [-0.05, 0) is 12.1 Å². The molecule has 0 unspecified atom stereocenters. The van der Waals surface area contributed by atoms with Crippen LogP contribution in [0.3, 0.4) is 0 Å². The monoisotopic (exact) mass is 204 g/mol. The SMILES string of the molecule is CC(=O)n1ccc2ccc([N+](=O)[O-])cc21. The number of carbonyl (C=O) groups is 1. The van der Waals surface area contributed by atoms with E-state index in [1.54, 1.807) is 18.3 Å². The number of carbonyl (C=O) groups excluding carboxylic acids is 1. The third kappa shape index (κ3) is 1.48. The number of hydrogen-bond donors (Lipinski definition) is 0. The molecule has 0 aliphatic rings. The van der Waals surface area contributed by atoms with Crippen molar-refractivity contribution in [1.82, 2.24) is 4.57 Å². The smallest absolute Gasteiger partial charge is 0.271 e. The third-order valence-electron chi connectivity index (χ3n) is 2.23. The molecule has 76 valence electrons. The molecular weight excluding hydrogens is 196 g/mol. The molecule has 0 saturated heterocycles. The van der Waals surface area contributed by atoms with Gasteiger partial charge >= 0.3 is 0 Å². The fourth-order valence-electron chi connectivity index (χ4n) is 1.50. The predicted octanol–water partition coefficient (Wildman–Crippen LogP) is 2.21. The summed E-state index contributed by atoms with van der Waals surface area (Å²) in [6.45, 7) is 1.41. The summed E-state index contributed by atoms with van der Waals surface area (Å²) in [5, 5.41) is 11.4. The van der Waals surface area contributed by atoms with E-state index in [-0.39, 0.29) is 11.6 Å². The van der Waals surface area contributed by atoms with Crippen LogP contribution in [0.2, 0.25) is 0 Å². The minimum Gasteiger partial charge on any atom is -0.287 e. The highest BCUT2D eigenvalue weighted by molar-refractivity contribution is 5.92. The number of nitro benzene ring substituents is 1. The highest BCUT2D eigenvalue weighted by Gasteiger charge is 2.10. The highest BCUT2D eigenvalue weighted by atomic mass is 16.6. The molecule has 5 nitrogen and oxygen atoms in total. The minimum atomic E-state index is -0.475. The second kappa shape index (κ2) is 3.20. The summed E-state index contributed by atoms with van der Waals surface area (Å²) in [5.74, 6) is -0.162. The molecule has 15 heavy (non-hydrogen) atoms. The number of benzene rings is 1. The van der Waals surface area contributed by atoms with Gasteiger partial charge in [0.1, 0.15) is 0 Å². The Morgan fingerprint density at radius 1 is 1.40 bits per heavy atom. The fraction of sp³-hybridized carbons (Fsp3) is 0.100. The first kappa shape index (κ1) is 9.39. The van der Waals surface area contributed by atoms with E-state index in [0.29, 0.717) is 5.52 Å². The van der Waals surface area contributed by atoms with Crippen LogP contribution in [0.5, 0.6) is 0 Å². The number of rotatable bonds is 1. The second-order valence-electron chi connectivity index (χ2n) is 3.20. The first-order chi connectivity index (χ1) is 7.09. The van der Waals surface area contributed by atoms with Gasteiger partial charge in [0.2, 0.25) is 5.91 Å². The van der Waals surface area contributed by atoms with Crippen LogP contribution in [-0.4, -0.2) is 15.4 Å². The summed E-state index contributed by atoms with van der Waals surface area (Å²) >= 11 is 0. The lowest BCUT2D eigenvalue weighted by Crippen LogP contribution is -2.03. The summed E-state index contributed by atoms with van der Waals surface area (Å²) in [6.07, 6.45) is 1.61. The van der Waals surface area contributed by atoms with Crippen molar-refractivity contribution in [2.45, 2.75) is 6.92 Å². The summed E-state index contributed by atoms with van der Waals surface area (Å²) in [7, 11) is 0. The van der Waals surface area contributed by atoms with Crippen molar-refractivity contribution in [2.24, 2.45) is 0 Å². The molecule has 1 heterocycles. The zero-order valence-electron chi connectivity index (χ0n) is 8.01. The molecule has 0 radical (unpaired) electrons. The Morgan fingerprint density at radius 3 is 2.73 bits per heavy atom. The van der Waals surface area contributed by atoms with Crippen LogP contribution in [0.4, 0.5) is 5.69 Å². The Hall–Kier alpha value is -2.17. The molecule has 0 aliphatic heterocycles. The number of hydrogen-bond acceptors (Lipinski definition) is 3. The number of non-ortho nitro benzene ring substituents is 1. The molecule has 2 rings (SSSR count). The number of aromatic nitrogens is 1. The molecule has 0 fully saturated rings. The van der Waals surface area contributed by atoms with Crippen molar-refractivity contribution < 1.29 is 9.72 Å². The number of fused-ring (bicyclic) bond motifs is 1. The van der Waals surface area contributed by atoms with Gasteiger partial charge in [-0.25, -0.2) is 0 Å². The Morgan fingerprint density at radius 2 is 2.13 bits per heavy atom. The van der Waals surface area contributed by atoms with E-state index in [2.05, 4.69) is 0 Å². The fourth-order valence-corrected chi connectivity index (χ4v) is 1.50. The van der Waals surface area contributed by atoms with Crippen molar-refractivity contribution in [3.63, 3.8) is 0 Å². The zero-order chi connectivity index (χ0) is 11.0. The topological polar surface area (TPSA) is 65.1 Å². The maximum absolute atomic E-state index is 11.2. The summed E-state index contributed by atoms with van der Waals surface area (Å²) in [5.41, 5.74) is 0.556. The van der Waals surface area contributed by atoms with E-state index in [4.69, 9.17) is 0 Å². The lowest BCUT2D eigenvalue weighted by molar-refractivity contribution is -0.384. The quantitative estimate of drug-likeness (QED) is 0.528. The maximum Gasteiger partial charge on any atom is 0.271 e. The first-order valence-electron chi connectivity index (χ1n) is 4.36. The normalized spacial score (nSPS) is 10.5. The van der Waals surface area contributed by atoms with Crippen LogP contribution in [0.15, 0.2) is 30.5 Å². The van der Waals surface area contributed by atoms with Gasteiger partial charge in [-0.1, -0.05) is 0 Å². The van der Waals surface area contributed by atoms with Gasteiger partial charge in [0, 0.05) is 30.6 Å². The van der Waals surface area contributed by atoms with E-state index in [0.717, 1.165) is 5.39 Å². The van der Waals surface area contributed by atoms with E-state index >= 15 is 0 Å². The number of nitro groups is 1. The third-order valence-corrected chi connectivity index (χ3v) is 2.23. The van der Waals surface area contributed by atoms with Gasteiger partial charge in [0.05, 0.1) is 10.4 Å². The Kier molecular flexibility index (Phi) is 2.00. The lowest BCUT2D eigenvalue weighted by atomic mass is 10.2. The molecule has 0 saturated carbocycles. The largest absolute Gasteiger partial charge is 0.287 e. The standard InChI is InChI=1S/C10H8N2O3/c1-7(13)11-5-4-8-2-3-9(12(14)15)6-10(8)11/h2-6H,1H3. The molecule has 0 atom stereocenters. The Bertz CT molecular complexity index is 557. The van der Waals surface area contributed by atoms with E-state index in [9.17, 15) is 14.9 Å². The van der Waals surface area contributed by atoms with Gasteiger partial charge in [-0.3, -0.25) is 19.5 Å². The van der Waals surface area contributed by atoms with Crippen LogP contribution < -0.4 is 0 Å². The van der Waals surface area contributed by atoms with E-state index < -0.39 is 4.92 Å². The van der Waals surface area contributed by atoms with Gasteiger partial charge in [-0.15, -0.1) is 0 Å². The lowest BCUT2D eigenvalue weighted by Gasteiger charge is -1.98. The predicted molar refractivity (Wildman–Crippen MR) is 54.9 cm³/mol. The summed E-state index contributed by atoms with van der Waals surface area (Å²) in [4.78, 5) is 21.3. The molecule has 5 heteroatoms. The van der Waals surface area contributed by atoms with Crippen LogP contribution in [-0.2, 0) is 0 Å². The van der Waals surface area contributed by atoms with Crippen LogP contribution in [0.1, 0.15) is 11.7 Å². The van der Waals surface area contributed by atoms with Crippen molar-refractivity contribution in [2.75, 3.05) is 0 Å². The van der Waals surface area contributed by atoms with Crippen LogP contribution >= 0.6 is 0 Å². The van der Waals surface area contributed by atoms with Crippen LogP contribution in [0, 0.1) is 10.1 Å². The molecule has 1 aromatic heterocycles. The van der Waals surface area contributed by atoms with Gasteiger partial charge in [0.15, 0.2) is 0 Å². The van der Waals surface area contributed by atoms with Crippen molar-refractivity contribution in [3.05, 3.63) is 40.6 Å². The Labute approximate surface area is 85.1 Å². The summed E-state index contributed by atoms with van der Waals surface area (Å²) in [6, 6.07) is 6.21. The molecule has 0 spiro atoms. The van der Waals surface area contributed by atoms with E-state index in [1.165, 1.54) is 23.6 Å². The van der Waals surface area contributed by atoms with Gasteiger partial charge in [0.25, 0.3) is 5.69 Å². The van der Waals surface area contributed by atoms with Gasteiger partial charge in [-0.2, -0.15) is 0 Å². The van der Waals surface area contributed by atoms with Crippen molar-refractivity contribution >= 4 is 22.5 Å². The molecule has 0 bridgehead atoms. The zero-order valence-corrected chi connectivity index (χ0v) is 8.01. The Balaban J connectivity index is 2.72. The molecule has 0 aliphatic carbocycles. The minimum absolute atomic E-state index is 0.0105. The molecular formula is C10H8N2O3. The molecule has 0 amide bonds. The molecule has 1 aromatic carbocycles. The van der Waals surface area contributed by atoms with Gasteiger partial charge < -0.3 is 0 Å².